The van der Waals surface area contributed by atoms with E-state index in [9.17, 15) is 14.4 Å². The maximum Gasteiger partial charge on any atom is 0.306 e. The largest absolute Gasteiger partial charge is 0.462 e. The normalized spacial score (nSPS) is 11.9. The van der Waals surface area contributed by atoms with Crippen LogP contribution in [0.3, 0.4) is 0 Å². The molecule has 0 aromatic heterocycles. The molecule has 0 aliphatic rings. The van der Waals surface area contributed by atoms with Gasteiger partial charge in [0.2, 0.25) is 0 Å². The number of rotatable bonds is 44. The summed E-state index contributed by atoms with van der Waals surface area (Å²) in [4.78, 5) is 37.8. The molecule has 0 saturated heterocycles. The van der Waals surface area contributed by atoms with Crippen molar-refractivity contribution >= 4 is 17.9 Å². The molecular weight excluding hydrogens is 685 g/mol. The standard InChI is InChI=1S/C49H94O6/c1-5-7-9-11-13-15-17-19-21-25-30-34-38-42-49(52)55-46(43-53-47(50)40-36-32-28-24-20-18-16-14-12-10-8-6-2)44-54-48(51)41-37-33-29-26-22-23-27-31-35-39-45(3)4/h45-46H,5-44H2,1-4H3/t46-/m0/s1. The zero-order chi connectivity index (χ0) is 40.3. The molecular formula is C49H94O6. The third kappa shape index (κ3) is 43.4. The van der Waals surface area contributed by atoms with Gasteiger partial charge in [-0.3, -0.25) is 14.4 Å². The summed E-state index contributed by atoms with van der Waals surface area (Å²) in [5, 5.41) is 0. The van der Waals surface area contributed by atoms with E-state index < -0.39 is 6.10 Å². The molecule has 0 spiro atoms. The van der Waals surface area contributed by atoms with E-state index in [0.29, 0.717) is 19.3 Å². The molecule has 0 heterocycles. The molecule has 0 aromatic carbocycles. The minimum Gasteiger partial charge on any atom is -0.462 e. The molecule has 1 atom stereocenters. The van der Waals surface area contributed by atoms with E-state index in [0.717, 1.165) is 63.7 Å². The third-order valence-corrected chi connectivity index (χ3v) is 11.0. The Hall–Kier alpha value is -1.59. The second-order valence-electron chi connectivity index (χ2n) is 17.2. The van der Waals surface area contributed by atoms with Crippen molar-refractivity contribution in [3.63, 3.8) is 0 Å². The van der Waals surface area contributed by atoms with Crippen LogP contribution in [0, 0.1) is 5.92 Å². The maximum absolute atomic E-state index is 12.7. The molecule has 6 heteroatoms. The predicted octanol–water partition coefficient (Wildman–Crippen LogP) is 15.5. The van der Waals surface area contributed by atoms with Gasteiger partial charge in [-0.05, 0) is 25.2 Å². The number of unbranched alkanes of at least 4 members (excludes halogenated alkanes) is 31. The lowest BCUT2D eigenvalue weighted by molar-refractivity contribution is -0.167. The first-order valence-electron chi connectivity index (χ1n) is 24.4. The van der Waals surface area contributed by atoms with Gasteiger partial charge < -0.3 is 14.2 Å². The Kier molecular flexibility index (Phi) is 42.3. The molecule has 55 heavy (non-hydrogen) atoms. The van der Waals surface area contributed by atoms with E-state index in [1.807, 2.05) is 0 Å². The fourth-order valence-electron chi connectivity index (χ4n) is 7.33. The highest BCUT2D eigenvalue weighted by Gasteiger charge is 2.19. The molecule has 0 N–H and O–H groups in total. The minimum atomic E-state index is -0.759. The molecule has 326 valence electrons. The summed E-state index contributed by atoms with van der Waals surface area (Å²) in [6.45, 7) is 8.99. The van der Waals surface area contributed by atoms with Gasteiger partial charge in [0.25, 0.3) is 0 Å². The molecule has 0 fully saturated rings. The van der Waals surface area contributed by atoms with Crippen LogP contribution in [0.5, 0.6) is 0 Å². The predicted molar refractivity (Wildman–Crippen MR) is 233 cm³/mol. The molecule has 0 rings (SSSR count). The van der Waals surface area contributed by atoms with Crippen LogP contribution in [0.15, 0.2) is 0 Å². The first-order valence-corrected chi connectivity index (χ1v) is 24.4. The topological polar surface area (TPSA) is 78.9 Å². The van der Waals surface area contributed by atoms with Crippen LogP contribution < -0.4 is 0 Å². The van der Waals surface area contributed by atoms with Crippen LogP contribution in [-0.2, 0) is 28.6 Å². The van der Waals surface area contributed by atoms with Crippen molar-refractivity contribution in [3.8, 4) is 0 Å². The Balaban J connectivity index is 4.33. The molecule has 0 amide bonds. The van der Waals surface area contributed by atoms with Crippen LogP contribution in [-0.4, -0.2) is 37.2 Å². The number of hydrogen-bond acceptors (Lipinski definition) is 6. The summed E-state index contributed by atoms with van der Waals surface area (Å²) in [6.07, 6.45) is 43.7. The summed E-state index contributed by atoms with van der Waals surface area (Å²) in [6, 6.07) is 0. The molecule has 0 aromatic rings. The van der Waals surface area contributed by atoms with Crippen molar-refractivity contribution in [2.75, 3.05) is 13.2 Å². The Morgan fingerprint density at radius 3 is 0.891 bits per heavy atom. The summed E-state index contributed by atoms with van der Waals surface area (Å²) in [5.41, 5.74) is 0. The van der Waals surface area contributed by atoms with Crippen LogP contribution in [0.4, 0.5) is 0 Å². The number of carbonyl (C=O) groups is 3. The van der Waals surface area contributed by atoms with Gasteiger partial charge in [-0.25, -0.2) is 0 Å². The van der Waals surface area contributed by atoms with E-state index in [1.54, 1.807) is 0 Å². The molecule has 0 aliphatic carbocycles. The lowest BCUT2D eigenvalue weighted by Gasteiger charge is -2.18. The highest BCUT2D eigenvalue weighted by molar-refractivity contribution is 5.71. The average Bonchev–Trinajstić information content (AvgIpc) is 3.17. The lowest BCUT2D eigenvalue weighted by Crippen LogP contribution is -2.30. The van der Waals surface area contributed by atoms with Crippen LogP contribution >= 0.6 is 0 Å². The van der Waals surface area contributed by atoms with Crippen LogP contribution in [0.1, 0.15) is 272 Å². The molecule has 0 radical (unpaired) electrons. The van der Waals surface area contributed by atoms with Gasteiger partial charge in [-0.15, -0.1) is 0 Å². The van der Waals surface area contributed by atoms with E-state index in [2.05, 4.69) is 27.7 Å². The summed E-state index contributed by atoms with van der Waals surface area (Å²) in [5.74, 6) is -0.0409. The Labute approximate surface area is 342 Å². The third-order valence-electron chi connectivity index (χ3n) is 11.0. The second kappa shape index (κ2) is 43.5. The SMILES string of the molecule is CCCCCCCCCCCCCCCC(=O)O[C@@H](COC(=O)CCCCCCCCCCCCCC)COC(=O)CCCCCCCCCCCC(C)C. The first kappa shape index (κ1) is 53.4. The number of carbonyl (C=O) groups excluding carboxylic acids is 3. The van der Waals surface area contributed by atoms with Gasteiger partial charge in [0.05, 0.1) is 0 Å². The van der Waals surface area contributed by atoms with E-state index in [4.69, 9.17) is 14.2 Å². The number of hydrogen-bond donors (Lipinski definition) is 0. The monoisotopic (exact) mass is 779 g/mol. The van der Waals surface area contributed by atoms with Gasteiger partial charge in [0.1, 0.15) is 13.2 Å². The second-order valence-corrected chi connectivity index (χ2v) is 17.2. The highest BCUT2D eigenvalue weighted by Crippen LogP contribution is 2.16. The fraction of sp³-hybridized carbons (Fsp3) is 0.939. The fourth-order valence-corrected chi connectivity index (χ4v) is 7.33. The first-order chi connectivity index (χ1) is 26.9. The summed E-state index contributed by atoms with van der Waals surface area (Å²) < 4.78 is 16.8. The van der Waals surface area contributed by atoms with E-state index in [1.165, 1.54) is 167 Å². The van der Waals surface area contributed by atoms with Crippen molar-refractivity contribution in [2.45, 2.75) is 278 Å². The summed E-state index contributed by atoms with van der Waals surface area (Å²) >= 11 is 0. The Bertz CT molecular complexity index is 826. The van der Waals surface area contributed by atoms with Gasteiger partial charge in [-0.1, -0.05) is 233 Å². The molecule has 0 bridgehead atoms. The van der Waals surface area contributed by atoms with Crippen molar-refractivity contribution < 1.29 is 28.6 Å². The van der Waals surface area contributed by atoms with Gasteiger partial charge >= 0.3 is 17.9 Å². The summed E-state index contributed by atoms with van der Waals surface area (Å²) in [7, 11) is 0. The number of esters is 3. The van der Waals surface area contributed by atoms with Gasteiger partial charge in [0.15, 0.2) is 6.10 Å². The van der Waals surface area contributed by atoms with E-state index >= 15 is 0 Å². The minimum absolute atomic E-state index is 0.0633. The van der Waals surface area contributed by atoms with E-state index in [-0.39, 0.29) is 31.1 Å². The molecule has 6 nitrogen and oxygen atoms in total. The Morgan fingerprint density at radius 2 is 0.600 bits per heavy atom. The van der Waals surface area contributed by atoms with Crippen molar-refractivity contribution in [2.24, 2.45) is 5.92 Å². The zero-order valence-electron chi connectivity index (χ0n) is 37.4. The quantitative estimate of drug-likeness (QED) is 0.0348. The smallest absolute Gasteiger partial charge is 0.306 e. The molecule has 0 aliphatic heterocycles. The molecule has 0 unspecified atom stereocenters. The highest BCUT2D eigenvalue weighted by atomic mass is 16.6. The number of ether oxygens (including phenoxy) is 3. The zero-order valence-corrected chi connectivity index (χ0v) is 37.4. The van der Waals surface area contributed by atoms with Crippen molar-refractivity contribution in [1.82, 2.24) is 0 Å². The van der Waals surface area contributed by atoms with Crippen LogP contribution in [0.25, 0.3) is 0 Å². The average molecular weight is 779 g/mol. The van der Waals surface area contributed by atoms with Gasteiger partial charge in [-0.2, -0.15) is 0 Å². The van der Waals surface area contributed by atoms with Gasteiger partial charge in [0, 0.05) is 19.3 Å². The lowest BCUT2D eigenvalue weighted by atomic mass is 10.0. The van der Waals surface area contributed by atoms with Crippen LogP contribution in [0.2, 0.25) is 0 Å². The maximum atomic E-state index is 12.7. The Morgan fingerprint density at radius 1 is 0.345 bits per heavy atom. The van der Waals surface area contributed by atoms with Crippen molar-refractivity contribution in [3.05, 3.63) is 0 Å². The molecule has 0 saturated carbocycles. The van der Waals surface area contributed by atoms with Crippen molar-refractivity contribution in [1.29, 1.82) is 0 Å².